The Hall–Kier alpha value is -2.39. The van der Waals surface area contributed by atoms with Crippen LogP contribution in [-0.4, -0.2) is 35.6 Å². The minimum Gasteiger partial charge on any atom is -0.355 e. The molecular formula is C17H19N3O4S2. The summed E-state index contributed by atoms with van der Waals surface area (Å²) in [6.45, 7) is 0.801. The van der Waals surface area contributed by atoms with E-state index in [0.717, 1.165) is 11.5 Å². The molecule has 0 bridgehead atoms. The summed E-state index contributed by atoms with van der Waals surface area (Å²) in [7, 11) is 0. The Morgan fingerprint density at radius 2 is 1.88 bits per heavy atom. The first-order chi connectivity index (χ1) is 12.6. The fourth-order valence-corrected chi connectivity index (χ4v) is 3.74. The van der Waals surface area contributed by atoms with Gasteiger partial charge in [-0.25, -0.2) is 0 Å². The number of benzene rings is 1. The van der Waals surface area contributed by atoms with Crippen molar-refractivity contribution >= 4 is 40.6 Å². The number of thioether (sulfide) groups is 1. The number of amides is 2. The predicted molar refractivity (Wildman–Crippen MR) is 104 cm³/mol. The molecule has 1 aromatic carbocycles. The van der Waals surface area contributed by atoms with E-state index in [1.165, 1.54) is 29.1 Å². The van der Waals surface area contributed by atoms with Crippen molar-refractivity contribution in [3.63, 3.8) is 0 Å². The van der Waals surface area contributed by atoms with Gasteiger partial charge in [-0.2, -0.15) is 11.8 Å². The maximum absolute atomic E-state index is 11.9. The largest absolute Gasteiger partial charge is 0.355 e. The van der Waals surface area contributed by atoms with Crippen LogP contribution in [0.2, 0.25) is 0 Å². The number of nitro groups is 1. The Kier molecular flexibility index (Phi) is 8.10. The van der Waals surface area contributed by atoms with E-state index >= 15 is 0 Å². The van der Waals surface area contributed by atoms with Gasteiger partial charge in [0.25, 0.3) is 11.6 Å². The second kappa shape index (κ2) is 10.6. The van der Waals surface area contributed by atoms with Gasteiger partial charge >= 0.3 is 0 Å². The molecule has 2 amide bonds. The van der Waals surface area contributed by atoms with Gasteiger partial charge in [0.1, 0.15) is 0 Å². The average Bonchev–Trinajstić information content (AvgIpc) is 3.15. The van der Waals surface area contributed by atoms with Gasteiger partial charge in [-0.05, 0) is 23.6 Å². The summed E-state index contributed by atoms with van der Waals surface area (Å²) in [5, 5.41) is 18.1. The molecule has 0 aliphatic carbocycles. The van der Waals surface area contributed by atoms with Crippen LogP contribution in [0.5, 0.6) is 0 Å². The Balaban J connectivity index is 1.57. The summed E-state index contributed by atoms with van der Waals surface area (Å²) in [5.74, 6) is 1.29. The first kappa shape index (κ1) is 19.9. The number of non-ortho nitro benzene ring substituents is 1. The zero-order chi connectivity index (χ0) is 18.8. The van der Waals surface area contributed by atoms with E-state index in [2.05, 4.69) is 16.7 Å². The zero-order valence-electron chi connectivity index (χ0n) is 14.0. The lowest BCUT2D eigenvalue weighted by molar-refractivity contribution is -0.384. The van der Waals surface area contributed by atoms with E-state index in [4.69, 9.17) is 0 Å². The quantitative estimate of drug-likeness (QED) is 0.367. The van der Waals surface area contributed by atoms with Crippen LogP contribution in [0.15, 0.2) is 41.8 Å². The summed E-state index contributed by atoms with van der Waals surface area (Å²) in [6.07, 6.45) is 0.189. The SMILES string of the molecule is O=C(CCNC(=O)c1ccc([N+](=O)[O-])cc1)NCCSCc1cccs1. The van der Waals surface area contributed by atoms with Crippen LogP contribution < -0.4 is 10.6 Å². The number of hydrogen-bond donors (Lipinski definition) is 2. The molecule has 2 aromatic rings. The number of thiophene rings is 1. The Morgan fingerprint density at radius 3 is 2.54 bits per heavy atom. The fraction of sp³-hybridized carbons (Fsp3) is 0.294. The third-order valence-corrected chi connectivity index (χ3v) is 5.44. The molecule has 2 N–H and O–H groups in total. The summed E-state index contributed by atoms with van der Waals surface area (Å²) in [5.41, 5.74) is 0.249. The Morgan fingerprint density at radius 1 is 1.12 bits per heavy atom. The van der Waals surface area contributed by atoms with Gasteiger partial charge in [0.15, 0.2) is 0 Å². The second-order valence-electron chi connectivity index (χ2n) is 5.29. The molecule has 1 heterocycles. The highest BCUT2D eigenvalue weighted by atomic mass is 32.2. The first-order valence-electron chi connectivity index (χ1n) is 7.96. The molecule has 0 atom stereocenters. The maximum atomic E-state index is 11.9. The van der Waals surface area contributed by atoms with Gasteiger partial charge in [0.2, 0.25) is 5.91 Å². The third kappa shape index (κ3) is 6.85. The number of nitrogens with zero attached hydrogens (tertiary/aromatic N) is 1. The molecular weight excluding hydrogens is 374 g/mol. The number of nitrogens with one attached hydrogen (secondary N) is 2. The summed E-state index contributed by atoms with van der Waals surface area (Å²) >= 11 is 3.48. The number of carbonyl (C=O) groups is 2. The van der Waals surface area contributed by atoms with Crippen LogP contribution >= 0.6 is 23.1 Å². The molecule has 0 aliphatic heterocycles. The summed E-state index contributed by atoms with van der Waals surface area (Å²) < 4.78 is 0. The van der Waals surface area contributed by atoms with Gasteiger partial charge in [0, 0.05) is 53.6 Å². The minimum atomic E-state index is -0.523. The molecule has 0 fully saturated rings. The lowest BCUT2D eigenvalue weighted by Crippen LogP contribution is -2.31. The fourth-order valence-electron chi connectivity index (χ4n) is 2.04. The van der Waals surface area contributed by atoms with Crippen molar-refractivity contribution in [1.29, 1.82) is 0 Å². The number of hydrogen-bond acceptors (Lipinski definition) is 6. The molecule has 0 radical (unpaired) electrons. The third-order valence-electron chi connectivity index (χ3n) is 3.37. The molecule has 9 heteroatoms. The van der Waals surface area contributed by atoms with Gasteiger partial charge in [-0.3, -0.25) is 19.7 Å². The van der Waals surface area contributed by atoms with Gasteiger partial charge in [-0.1, -0.05) is 6.07 Å². The monoisotopic (exact) mass is 393 g/mol. The standard InChI is InChI=1S/C17H19N3O4S2/c21-16(18-9-11-25-12-15-2-1-10-26-15)7-8-19-17(22)13-3-5-14(6-4-13)20(23)24/h1-6,10H,7-9,11-12H2,(H,18,21)(H,19,22). The van der Waals surface area contributed by atoms with Crippen LogP contribution in [0, 0.1) is 10.1 Å². The summed E-state index contributed by atoms with van der Waals surface area (Å²) in [4.78, 5) is 35.0. The maximum Gasteiger partial charge on any atom is 0.269 e. The number of nitro benzene ring substituents is 1. The first-order valence-corrected chi connectivity index (χ1v) is 9.99. The molecule has 1 aromatic heterocycles. The topological polar surface area (TPSA) is 101 Å². The Bertz CT molecular complexity index is 733. The Labute approximate surface area is 159 Å². The highest BCUT2D eigenvalue weighted by Crippen LogP contribution is 2.16. The van der Waals surface area contributed by atoms with Crippen molar-refractivity contribution in [2.24, 2.45) is 0 Å². The normalized spacial score (nSPS) is 10.3. The van der Waals surface area contributed by atoms with Crippen LogP contribution in [0.25, 0.3) is 0 Å². The van der Waals surface area contributed by atoms with Crippen LogP contribution in [-0.2, 0) is 10.5 Å². The molecule has 0 saturated carbocycles. The predicted octanol–water partition coefficient (Wildman–Crippen LogP) is 2.83. The van der Waals surface area contributed by atoms with Gasteiger partial charge in [0.05, 0.1) is 4.92 Å². The summed E-state index contributed by atoms with van der Waals surface area (Å²) in [6, 6.07) is 9.43. The molecule has 0 aliphatic rings. The lowest BCUT2D eigenvalue weighted by Gasteiger charge is -2.07. The van der Waals surface area contributed by atoms with E-state index in [1.807, 2.05) is 11.4 Å². The van der Waals surface area contributed by atoms with Crippen molar-refractivity contribution < 1.29 is 14.5 Å². The zero-order valence-corrected chi connectivity index (χ0v) is 15.6. The van der Waals surface area contributed by atoms with E-state index in [9.17, 15) is 19.7 Å². The molecule has 0 saturated heterocycles. The molecule has 7 nitrogen and oxygen atoms in total. The van der Waals surface area contributed by atoms with Crippen LogP contribution in [0.4, 0.5) is 5.69 Å². The van der Waals surface area contributed by atoms with Gasteiger partial charge in [-0.15, -0.1) is 11.3 Å². The molecule has 2 rings (SSSR count). The van der Waals surface area contributed by atoms with E-state index in [-0.39, 0.29) is 30.5 Å². The second-order valence-corrected chi connectivity index (χ2v) is 7.43. The van der Waals surface area contributed by atoms with E-state index < -0.39 is 4.92 Å². The average molecular weight is 393 g/mol. The van der Waals surface area contributed by atoms with Crippen molar-refractivity contribution in [2.45, 2.75) is 12.2 Å². The highest BCUT2D eigenvalue weighted by Gasteiger charge is 2.09. The van der Waals surface area contributed by atoms with E-state index in [0.29, 0.717) is 12.1 Å². The molecule has 0 unspecified atom stereocenters. The minimum absolute atomic E-state index is 0.0714. The molecule has 0 spiro atoms. The van der Waals surface area contributed by atoms with Crippen molar-refractivity contribution in [1.82, 2.24) is 10.6 Å². The molecule has 26 heavy (non-hydrogen) atoms. The lowest BCUT2D eigenvalue weighted by atomic mass is 10.2. The smallest absolute Gasteiger partial charge is 0.269 e. The highest BCUT2D eigenvalue weighted by molar-refractivity contribution is 7.98. The van der Waals surface area contributed by atoms with Crippen molar-refractivity contribution in [3.8, 4) is 0 Å². The number of rotatable bonds is 10. The van der Waals surface area contributed by atoms with E-state index in [1.54, 1.807) is 23.1 Å². The number of carbonyl (C=O) groups excluding carboxylic acids is 2. The van der Waals surface area contributed by atoms with Crippen LogP contribution in [0.3, 0.4) is 0 Å². The van der Waals surface area contributed by atoms with Crippen molar-refractivity contribution in [3.05, 3.63) is 62.3 Å². The van der Waals surface area contributed by atoms with Gasteiger partial charge < -0.3 is 10.6 Å². The van der Waals surface area contributed by atoms with Crippen LogP contribution in [0.1, 0.15) is 21.7 Å². The van der Waals surface area contributed by atoms with Crippen molar-refractivity contribution in [2.75, 3.05) is 18.8 Å². The molecule has 138 valence electrons.